The molecule has 4 aromatic rings. The number of H-pyrrole nitrogens is 2. The summed E-state index contributed by atoms with van der Waals surface area (Å²) in [5.41, 5.74) is 3.53. The van der Waals surface area contributed by atoms with Gasteiger partial charge in [0.1, 0.15) is 17.2 Å². The van der Waals surface area contributed by atoms with Crippen LogP contribution in [0.2, 0.25) is 5.02 Å². The first-order valence-corrected chi connectivity index (χ1v) is 11.0. The van der Waals surface area contributed by atoms with Crippen molar-refractivity contribution in [2.24, 2.45) is 0 Å². The standard InChI is InChI=1S/C24H22ClN5O2/c1-14-2-7-19-20(12-14)28-22(27-19)16-8-10-30(11-9-16)24(32)18-13-26-21(29-23(18)31)15-3-5-17(25)6-4-15/h2-7,12-13,16H,8-11H2,1H3,(H,27,28)(H,26,29,31). The highest BCUT2D eigenvalue weighted by molar-refractivity contribution is 6.30. The van der Waals surface area contributed by atoms with Crippen LogP contribution in [0.3, 0.4) is 0 Å². The second-order valence-electron chi connectivity index (χ2n) is 8.19. The minimum Gasteiger partial charge on any atom is -0.342 e. The van der Waals surface area contributed by atoms with Crippen molar-refractivity contribution in [2.45, 2.75) is 25.7 Å². The van der Waals surface area contributed by atoms with Gasteiger partial charge in [-0.1, -0.05) is 17.7 Å². The van der Waals surface area contributed by atoms with E-state index in [1.807, 2.05) is 6.07 Å². The number of aromatic amines is 2. The fourth-order valence-corrected chi connectivity index (χ4v) is 4.29. The number of nitrogens with zero attached hydrogens (tertiary/aromatic N) is 3. The van der Waals surface area contributed by atoms with Crippen LogP contribution in [-0.4, -0.2) is 43.8 Å². The van der Waals surface area contributed by atoms with Crippen LogP contribution in [0, 0.1) is 6.92 Å². The van der Waals surface area contributed by atoms with Crippen LogP contribution in [0.4, 0.5) is 0 Å². The number of rotatable bonds is 3. The lowest BCUT2D eigenvalue weighted by Gasteiger charge is -2.31. The largest absolute Gasteiger partial charge is 0.342 e. The Hall–Kier alpha value is -3.45. The van der Waals surface area contributed by atoms with Crippen molar-refractivity contribution in [3.8, 4) is 11.4 Å². The molecule has 1 aliphatic heterocycles. The van der Waals surface area contributed by atoms with Crippen LogP contribution < -0.4 is 5.56 Å². The third kappa shape index (κ3) is 3.91. The minimum absolute atomic E-state index is 0.0559. The topological polar surface area (TPSA) is 94.7 Å². The van der Waals surface area contributed by atoms with Crippen molar-refractivity contribution in [1.82, 2.24) is 24.8 Å². The first-order chi connectivity index (χ1) is 15.5. The minimum atomic E-state index is -0.440. The average molecular weight is 448 g/mol. The van der Waals surface area contributed by atoms with E-state index in [0.717, 1.165) is 35.3 Å². The molecule has 7 nitrogen and oxygen atoms in total. The molecular weight excluding hydrogens is 426 g/mol. The van der Waals surface area contributed by atoms with E-state index in [1.54, 1.807) is 29.2 Å². The normalized spacial score (nSPS) is 14.8. The SMILES string of the molecule is Cc1ccc2nc(C3CCN(C(=O)c4cnc(-c5ccc(Cl)cc5)[nH]c4=O)CC3)[nH]c2c1. The number of carbonyl (C=O) groups is 1. The molecule has 32 heavy (non-hydrogen) atoms. The maximum Gasteiger partial charge on any atom is 0.264 e. The van der Waals surface area contributed by atoms with E-state index < -0.39 is 5.56 Å². The second-order valence-corrected chi connectivity index (χ2v) is 8.63. The number of nitrogens with one attached hydrogen (secondary N) is 2. The summed E-state index contributed by atoms with van der Waals surface area (Å²) in [6.45, 7) is 3.19. The van der Waals surface area contributed by atoms with E-state index >= 15 is 0 Å². The number of benzene rings is 2. The molecule has 1 fully saturated rings. The molecule has 1 aliphatic rings. The molecule has 0 atom stereocenters. The molecule has 5 rings (SSSR count). The van der Waals surface area contributed by atoms with Crippen LogP contribution in [0.5, 0.6) is 0 Å². The van der Waals surface area contributed by atoms with Gasteiger partial charge in [-0.3, -0.25) is 9.59 Å². The number of hydrogen-bond donors (Lipinski definition) is 2. The van der Waals surface area contributed by atoms with Gasteiger partial charge >= 0.3 is 0 Å². The summed E-state index contributed by atoms with van der Waals surface area (Å²) in [4.78, 5) is 42.4. The maximum atomic E-state index is 13.0. The molecule has 2 aromatic carbocycles. The number of aryl methyl sites for hydroxylation is 1. The highest BCUT2D eigenvalue weighted by atomic mass is 35.5. The number of hydrogen-bond acceptors (Lipinski definition) is 4. The number of amides is 1. The lowest BCUT2D eigenvalue weighted by Crippen LogP contribution is -2.40. The van der Waals surface area contributed by atoms with Crippen LogP contribution in [-0.2, 0) is 0 Å². The Morgan fingerprint density at radius 3 is 2.56 bits per heavy atom. The van der Waals surface area contributed by atoms with Crippen molar-refractivity contribution in [1.29, 1.82) is 0 Å². The lowest BCUT2D eigenvalue weighted by molar-refractivity contribution is 0.0709. The van der Waals surface area contributed by atoms with E-state index in [2.05, 4.69) is 34.0 Å². The number of fused-ring (bicyclic) bond motifs is 1. The summed E-state index contributed by atoms with van der Waals surface area (Å²) < 4.78 is 0. The van der Waals surface area contributed by atoms with Gasteiger partial charge in [0.2, 0.25) is 0 Å². The van der Waals surface area contributed by atoms with Gasteiger partial charge in [-0.05, 0) is 61.7 Å². The molecule has 8 heteroatoms. The van der Waals surface area contributed by atoms with Gasteiger partial charge < -0.3 is 14.9 Å². The molecule has 0 spiro atoms. The Morgan fingerprint density at radius 1 is 1.09 bits per heavy atom. The van der Waals surface area contributed by atoms with Gasteiger partial charge in [0.15, 0.2) is 0 Å². The molecule has 0 unspecified atom stereocenters. The fourth-order valence-electron chi connectivity index (χ4n) is 4.16. The zero-order valence-corrected chi connectivity index (χ0v) is 18.3. The van der Waals surface area contributed by atoms with E-state index in [-0.39, 0.29) is 17.4 Å². The predicted molar refractivity (Wildman–Crippen MR) is 124 cm³/mol. The first-order valence-electron chi connectivity index (χ1n) is 10.6. The third-order valence-electron chi connectivity index (χ3n) is 5.97. The summed E-state index contributed by atoms with van der Waals surface area (Å²) in [6.07, 6.45) is 2.94. The molecule has 3 heterocycles. The smallest absolute Gasteiger partial charge is 0.264 e. The van der Waals surface area contributed by atoms with Crippen molar-refractivity contribution in [2.75, 3.05) is 13.1 Å². The Bertz CT molecular complexity index is 1350. The molecule has 162 valence electrons. The summed E-state index contributed by atoms with van der Waals surface area (Å²) >= 11 is 5.91. The van der Waals surface area contributed by atoms with Crippen molar-refractivity contribution in [3.05, 3.63) is 81.0 Å². The van der Waals surface area contributed by atoms with Gasteiger partial charge in [-0.25, -0.2) is 9.97 Å². The van der Waals surface area contributed by atoms with Crippen molar-refractivity contribution >= 4 is 28.5 Å². The molecule has 0 aliphatic carbocycles. The molecule has 0 radical (unpaired) electrons. The molecule has 1 amide bonds. The second kappa shape index (κ2) is 8.24. The first kappa shape index (κ1) is 20.5. The van der Waals surface area contributed by atoms with Gasteiger partial charge in [-0.15, -0.1) is 0 Å². The zero-order chi connectivity index (χ0) is 22.2. The number of halogens is 1. The lowest BCUT2D eigenvalue weighted by atomic mass is 9.96. The third-order valence-corrected chi connectivity index (χ3v) is 6.22. The van der Waals surface area contributed by atoms with Crippen LogP contribution in [0.15, 0.2) is 53.5 Å². The van der Waals surface area contributed by atoms with E-state index in [1.165, 1.54) is 11.8 Å². The number of aromatic nitrogens is 4. The van der Waals surface area contributed by atoms with E-state index in [0.29, 0.717) is 23.9 Å². The quantitative estimate of drug-likeness (QED) is 0.489. The number of piperidine rings is 1. The van der Waals surface area contributed by atoms with Gasteiger partial charge in [-0.2, -0.15) is 0 Å². The van der Waals surface area contributed by atoms with Crippen LogP contribution in [0.1, 0.15) is 40.5 Å². The van der Waals surface area contributed by atoms with Gasteiger partial charge in [0, 0.05) is 35.8 Å². The number of imidazole rings is 1. The summed E-state index contributed by atoms with van der Waals surface area (Å²) in [5, 5.41) is 0.601. The fraction of sp³-hybridized carbons (Fsp3) is 0.250. The molecule has 1 saturated heterocycles. The van der Waals surface area contributed by atoms with E-state index in [4.69, 9.17) is 16.6 Å². The highest BCUT2D eigenvalue weighted by Crippen LogP contribution is 2.28. The van der Waals surface area contributed by atoms with Crippen LogP contribution in [0.25, 0.3) is 22.4 Å². The van der Waals surface area contributed by atoms with Crippen molar-refractivity contribution in [3.63, 3.8) is 0 Å². The van der Waals surface area contributed by atoms with Crippen molar-refractivity contribution < 1.29 is 4.79 Å². The maximum absolute atomic E-state index is 13.0. The Labute approximate surface area is 189 Å². The van der Waals surface area contributed by atoms with Gasteiger partial charge in [0.25, 0.3) is 11.5 Å². The predicted octanol–water partition coefficient (Wildman–Crippen LogP) is 4.29. The zero-order valence-electron chi connectivity index (χ0n) is 17.6. The Morgan fingerprint density at radius 2 is 1.84 bits per heavy atom. The molecule has 0 bridgehead atoms. The average Bonchev–Trinajstić information content (AvgIpc) is 3.22. The molecule has 0 saturated carbocycles. The monoisotopic (exact) mass is 447 g/mol. The Kier molecular flexibility index (Phi) is 5.27. The molecule has 2 aromatic heterocycles. The Balaban J connectivity index is 1.28. The molecule has 2 N–H and O–H groups in total. The van der Waals surface area contributed by atoms with Crippen LogP contribution >= 0.6 is 11.6 Å². The highest BCUT2D eigenvalue weighted by Gasteiger charge is 2.27. The van der Waals surface area contributed by atoms with E-state index in [9.17, 15) is 9.59 Å². The number of likely N-dealkylation sites (tertiary alicyclic amines) is 1. The molecular formula is C24H22ClN5O2. The summed E-state index contributed by atoms with van der Waals surface area (Å²) in [7, 11) is 0. The summed E-state index contributed by atoms with van der Waals surface area (Å²) in [6, 6.07) is 13.2. The number of carbonyl (C=O) groups excluding carboxylic acids is 1. The van der Waals surface area contributed by atoms with Gasteiger partial charge in [0.05, 0.1) is 11.0 Å². The summed E-state index contributed by atoms with van der Waals surface area (Å²) in [5.74, 6) is 1.34.